The van der Waals surface area contributed by atoms with Crippen molar-refractivity contribution in [2.75, 3.05) is 37.9 Å². The summed E-state index contributed by atoms with van der Waals surface area (Å²) in [6.07, 6.45) is 0. The summed E-state index contributed by atoms with van der Waals surface area (Å²) in [7, 11) is 0. The van der Waals surface area contributed by atoms with E-state index in [9.17, 15) is 4.79 Å². The van der Waals surface area contributed by atoms with Crippen LogP contribution in [-0.4, -0.2) is 49.8 Å². The number of benzene rings is 2. The summed E-state index contributed by atoms with van der Waals surface area (Å²) in [6, 6.07) is 13.4. The van der Waals surface area contributed by atoms with Crippen molar-refractivity contribution in [2.45, 2.75) is 19.5 Å². The fraction of sp³-hybridized carbons (Fsp3) is 0.381. The van der Waals surface area contributed by atoms with Crippen LogP contribution in [0.15, 0.2) is 42.5 Å². The SMILES string of the molecule is C[C@H](C(=O)NCc1ccc2c(c1)OCO2)N1CCN(c2ccccc2Cl)CC1. The number of piperazine rings is 1. The van der Waals surface area contributed by atoms with Crippen molar-refractivity contribution in [1.29, 1.82) is 0 Å². The van der Waals surface area contributed by atoms with Gasteiger partial charge in [-0.3, -0.25) is 9.69 Å². The monoisotopic (exact) mass is 401 g/mol. The highest BCUT2D eigenvalue weighted by molar-refractivity contribution is 6.33. The van der Waals surface area contributed by atoms with Crippen LogP contribution in [0.4, 0.5) is 5.69 Å². The lowest BCUT2D eigenvalue weighted by Crippen LogP contribution is -2.53. The zero-order valence-corrected chi connectivity index (χ0v) is 16.6. The van der Waals surface area contributed by atoms with Crippen molar-refractivity contribution in [3.63, 3.8) is 0 Å². The number of anilines is 1. The van der Waals surface area contributed by atoms with E-state index in [1.54, 1.807) is 0 Å². The Morgan fingerprint density at radius 1 is 1.11 bits per heavy atom. The average Bonchev–Trinajstić information content (AvgIpc) is 3.20. The van der Waals surface area contributed by atoms with E-state index in [1.165, 1.54) is 0 Å². The summed E-state index contributed by atoms with van der Waals surface area (Å²) in [6.45, 7) is 6.03. The second kappa shape index (κ2) is 8.29. The Morgan fingerprint density at radius 2 is 1.86 bits per heavy atom. The van der Waals surface area contributed by atoms with Crippen LogP contribution in [0, 0.1) is 0 Å². The predicted molar refractivity (Wildman–Crippen MR) is 109 cm³/mol. The second-order valence-electron chi connectivity index (χ2n) is 7.06. The van der Waals surface area contributed by atoms with Crippen LogP contribution in [0.5, 0.6) is 11.5 Å². The molecule has 2 aromatic carbocycles. The van der Waals surface area contributed by atoms with Gasteiger partial charge in [-0.1, -0.05) is 29.8 Å². The van der Waals surface area contributed by atoms with Crippen molar-refractivity contribution in [3.8, 4) is 11.5 Å². The van der Waals surface area contributed by atoms with Crippen molar-refractivity contribution in [1.82, 2.24) is 10.2 Å². The molecule has 6 nitrogen and oxygen atoms in total. The molecule has 2 heterocycles. The molecule has 1 fully saturated rings. The third-order valence-corrected chi connectivity index (χ3v) is 5.66. The Balaban J connectivity index is 1.28. The molecule has 1 amide bonds. The molecule has 4 rings (SSSR count). The molecule has 2 aliphatic rings. The summed E-state index contributed by atoms with van der Waals surface area (Å²) in [5.41, 5.74) is 2.05. The van der Waals surface area contributed by atoms with Crippen LogP contribution < -0.4 is 19.7 Å². The van der Waals surface area contributed by atoms with Gasteiger partial charge in [0.25, 0.3) is 0 Å². The number of fused-ring (bicyclic) bond motifs is 1. The molecule has 0 aromatic heterocycles. The Kier molecular flexibility index (Phi) is 5.59. The van der Waals surface area contributed by atoms with Gasteiger partial charge in [-0.05, 0) is 36.8 Å². The second-order valence-corrected chi connectivity index (χ2v) is 7.46. The average molecular weight is 402 g/mol. The minimum Gasteiger partial charge on any atom is -0.454 e. The number of rotatable bonds is 5. The molecule has 1 atom stereocenters. The molecule has 0 unspecified atom stereocenters. The molecule has 0 bridgehead atoms. The Morgan fingerprint density at radius 3 is 2.64 bits per heavy atom. The first-order valence-corrected chi connectivity index (χ1v) is 9.89. The summed E-state index contributed by atoms with van der Waals surface area (Å²) >= 11 is 6.31. The standard InChI is InChI=1S/C21H24ClN3O3/c1-15(21(26)23-13-16-6-7-19-20(12-16)28-14-27-19)24-8-10-25(11-9-24)18-5-3-2-4-17(18)22/h2-7,12,15H,8-11,13-14H2,1H3,(H,23,26)/t15-/m1/s1. The number of para-hydroxylation sites is 1. The van der Waals surface area contributed by atoms with Crippen LogP contribution in [0.2, 0.25) is 5.02 Å². The number of amides is 1. The number of halogens is 1. The zero-order chi connectivity index (χ0) is 19.5. The quantitative estimate of drug-likeness (QED) is 0.834. The maximum absolute atomic E-state index is 12.6. The zero-order valence-electron chi connectivity index (χ0n) is 15.9. The van der Waals surface area contributed by atoms with Gasteiger partial charge in [-0.2, -0.15) is 0 Å². The van der Waals surface area contributed by atoms with Crippen LogP contribution in [-0.2, 0) is 11.3 Å². The lowest BCUT2D eigenvalue weighted by molar-refractivity contribution is -0.126. The number of hydrogen-bond acceptors (Lipinski definition) is 5. The minimum atomic E-state index is -0.178. The number of nitrogens with one attached hydrogen (secondary N) is 1. The lowest BCUT2D eigenvalue weighted by Gasteiger charge is -2.38. The van der Waals surface area contributed by atoms with Crippen LogP contribution in [0.25, 0.3) is 0 Å². The van der Waals surface area contributed by atoms with Gasteiger partial charge in [0.1, 0.15) is 0 Å². The van der Waals surface area contributed by atoms with Gasteiger partial charge in [-0.25, -0.2) is 0 Å². The molecule has 28 heavy (non-hydrogen) atoms. The van der Waals surface area contributed by atoms with E-state index in [0.717, 1.165) is 54.0 Å². The smallest absolute Gasteiger partial charge is 0.237 e. The van der Waals surface area contributed by atoms with Gasteiger partial charge < -0.3 is 19.7 Å². The van der Waals surface area contributed by atoms with Crippen molar-refractivity contribution in [3.05, 3.63) is 53.1 Å². The van der Waals surface area contributed by atoms with E-state index in [-0.39, 0.29) is 18.7 Å². The lowest BCUT2D eigenvalue weighted by atomic mass is 10.1. The van der Waals surface area contributed by atoms with Crippen molar-refractivity contribution >= 4 is 23.2 Å². The Labute approximate surface area is 170 Å². The van der Waals surface area contributed by atoms with E-state index < -0.39 is 0 Å². The third-order valence-electron chi connectivity index (χ3n) is 5.34. The fourth-order valence-corrected chi connectivity index (χ4v) is 3.87. The van der Waals surface area contributed by atoms with Crippen LogP contribution in [0.1, 0.15) is 12.5 Å². The third kappa shape index (κ3) is 4.03. The van der Waals surface area contributed by atoms with E-state index in [2.05, 4.69) is 15.1 Å². The molecular formula is C21H24ClN3O3. The number of carbonyl (C=O) groups excluding carboxylic acids is 1. The highest BCUT2D eigenvalue weighted by Gasteiger charge is 2.26. The molecule has 0 saturated carbocycles. The van der Waals surface area contributed by atoms with Gasteiger partial charge in [-0.15, -0.1) is 0 Å². The molecule has 0 aliphatic carbocycles. The number of carbonyl (C=O) groups is 1. The van der Waals surface area contributed by atoms with Gasteiger partial charge in [0.05, 0.1) is 16.8 Å². The number of hydrogen-bond donors (Lipinski definition) is 1. The molecule has 148 valence electrons. The molecule has 2 aromatic rings. The van der Waals surface area contributed by atoms with Gasteiger partial charge in [0, 0.05) is 32.7 Å². The van der Waals surface area contributed by atoms with Gasteiger partial charge in [0.2, 0.25) is 12.7 Å². The predicted octanol–water partition coefficient (Wildman–Crippen LogP) is 2.90. The maximum Gasteiger partial charge on any atom is 0.237 e. The Bertz CT molecular complexity index is 853. The molecular weight excluding hydrogens is 378 g/mol. The van der Waals surface area contributed by atoms with Crippen LogP contribution >= 0.6 is 11.6 Å². The normalized spacial score (nSPS) is 17.4. The molecule has 7 heteroatoms. The molecule has 1 N–H and O–H groups in total. The molecule has 1 saturated heterocycles. The van der Waals surface area contributed by atoms with Crippen molar-refractivity contribution in [2.24, 2.45) is 0 Å². The highest BCUT2D eigenvalue weighted by atomic mass is 35.5. The van der Waals surface area contributed by atoms with Crippen LogP contribution in [0.3, 0.4) is 0 Å². The first-order valence-electron chi connectivity index (χ1n) is 9.51. The first kappa shape index (κ1) is 18.9. The molecule has 0 radical (unpaired) electrons. The largest absolute Gasteiger partial charge is 0.454 e. The van der Waals surface area contributed by atoms with E-state index in [4.69, 9.17) is 21.1 Å². The first-order chi connectivity index (χ1) is 13.6. The van der Waals surface area contributed by atoms with E-state index in [1.807, 2.05) is 49.4 Å². The molecule has 2 aliphatic heterocycles. The van der Waals surface area contributed by atoms with E-state index >= 15 is 0 Å². The van der Waals surface area contributed by atoms with Crippen molar-refractivity contribution < 1.29 is 14.3 Å². The van der Waals surface area contributed by atoms with Gasteiger partial charge >= 0.3 is 0 Å². The maximum atomic E-state index is 12.6. The minimum absolute atomic E-state index is 0.0314. The van der Waals surface area contributed by atoms with Gasteiger partial charge in [0.15, 0.2) is 11.5 Å². The summed E-state index contributed by atoms with van der Waals surface area (Å²) in [4.78, 5) is 17.1. The highest BCUT2D eigenvalue weighted by Crippen LogP contribution is 2.32. The number of nitrogens with zero attached hydrogens (tertiary/aromatic N) is 2. The topological polar surface area (TPSA) is 54.0 Å². The Hall–Kier alpha value is -2.44. The summed E-state index contributed by atoms with van der Waals surface area (Å²) < 4.78 is 10.7. The summed E-state index contributed by atoms with van der Waals surface area (Å²) in [5, 5.41) is 3.80. The fourth-order valence-electron chi connectivity index (χ4n) is 3.61. The number of ether oxygens (including phenoxy) is 2. The summed E-state index contributed by atoms with van der Waals surface area (Å²) in [5.74, 6) is 1.51. The van der Waals surface area contributed by atoms with E-state index in [0.29, 0.717) is 6.54 Å². The molecule has 0 spiro atoms.